The summed E-state index contributed by atoms with van der Waals surface area (Å²) in [4.78, 5) is 2.84. The lowest BCUT2D eigenvalue weighted by atomic mass is 9.84. The Balaban J connectivity index is 1.78. The minimum Gasteiger partial charge on any atom is -0.200 e. The molecule has 36 heavy (non-hydrogen) atoms. The van der Waals surface area contributed by atoms with Crippen LogP contribution in [0.3, 0.4) is 0 Å². The second kappa shape index (κ2) is 8.08. The van der Waals surface area contributed by atoms with Crippen molar-refractivity contribution < 1.29 is 4.57 Å². The summed E-state index contributed by atoms with van der Waals surface area (Å²) in [5, 5.41) is 8.30. The van der Waals surface area contributed by atoms with Crippen molar-refractivity contribution in [2.24, 2.45) is 13.0 Å². The molecule has 0 radical (unpaired) electrons. The highest BCUT2D eigenvalue weighted by atomic mass is 32.2. The van der Waals surface area contributed by atoms with Gasteiger partial charge in [-0.15, -0.1) is 0 Å². The highest BCUT2D eigenvalue weighted by Crippen LogP contribution is 2.53. The summed E-state index contributed by atoms with van der Waals surface area (Å²) in [6.45, 7) is 16.1. The summed E-state index contributed by atoms with van der Waals surface area (Å²) in [5.74, 6) is 0.597. The predicted molar refractivity (Wildman–Crippen MR) is 156 cm³/mol. The number of rotatable bonds is 2. The van der Waals surface area contributed by atoms with Gasteiger partial charge in [0.25, 0.3) is 0 Å². The monoisotopic (exact) mass is 490 g/mol. The fourth-order valence-corrected chi connectivity index (χ4v) is 7.41. The van der Waals surface area contributed by atoms with E-state index >= 15 is 0 Å². The molecule has 0 aliphatic carbocycles. The molecule has 1 nitrogen and oxygen atoms in total. The average Bonchev–Trinajstić information content (AvgIpc) is 2.81. The van der Waals surface area contributed by atoms with E-state index in [1.54, 1.807) is 0 Å². The van der Waals surface area contributed by atoms with Gasteiger partial charge < -0.3 is 0 Å². The van der Waals surface area contributed by atoms with Crippen LogP contribution in [0.25, 0.3) is 43.6 Å². The molecule has 0 atom stereocenters. The van der Waals surface area contributed by atoms with E-state index in [9.17, 15) is 0 Å². The molecule has 1 aromatic heterocycles. The van der Waals surface area contributed by atoms with Gasteiger partial charge >= 0.3 is 0 Å². The van der Waals surface area contributed by atoms with Gasteiger partial charge in [-0.1, -0.05) is 82.3 Å². The quantitative estimate of drug-likeness (QED) is 0.173. The van der Waals surface area contributed by atoms with E-state index in [0.29, 0.717) is 5.92 Å². The maximum atomic E-state index is 2.44. The molecule has 5 aromatic rings. The molecule has 0 saturated heterocycles. The van der Waals surface area contributed by atoms with E-state index in [1.807, 2.05) is 11.8 Å². The van der Waals surface area contributed by atoms with Crippen molar-refractivity contribution in [3.05, 3.63) is 77.0 Å². The first kappa shape index (κ1) is 23.6. The van der Waals surface area contributed by atoms with Crippen LogP contribution in [-0.4, -0.2) is 0 Å². The SMILES string of the molecule is Cc1ccc2c(CC(C)C)c3c(c(C)c2c1)-c1c2c(cc4ccc(C(C)(C)C)cc4c2cc[n+]1C)S3. The van der Waals surface area contributed by atoms with Gasteiger partial charge in [0.05, 0.1) is 10.9 Å². The lowest BCUT2D eigenvalue weighted by Crippen LogP contribution is -2.32. The average molecular weight is 491 g/mol. The van der Waals surface area contributed by atoms with Crippen LogP contribution in [0.4, 0.5) is 0 Å². The molecule has 0 amide bonds. The standard InChI is InChI=1S/C34H36NS/c1-19(2)15-28-24-12-9-20(3)16-26(24)21(4)30-32-31-25(13-14-35(32)8)27-18-23(34(5,6)7)11-10-22(27)17-29(31)36-33(28)30/h9-14,16-19H,15H2,1-8H3/q+1. The molecule has 182 valence electrons. The minimum absolute atomic E-state index is 0.124. The third-order valence-corrected chi connectivity index (χ3v) is 9.10. The highest BCUT2D eigenvalue weighted by molar-refractivity contribution is 8.00. The molecule has 6 rings (SSSR count). The molecule has 0 spiro atoms. The fourth-order valence-electron chi connectivity index (χ4n) is 6.03. The third-order valence-electron chi connectivity index (χ3n) is 7.91. The second-order valence-electron chi connectivity index (χ2n) is 12.2. The first-order valence-corrected chi connectivity index (χ1v) is 14.0. The van der Waals surface area contributed by atoms with Crippen molar-refractivity contribution in [2.75, 3.05) is 0 Å². The Bertz CT molecular complexity index is 1720. The molecule has 0 N–H and O–H groups in total. The largest absolute Gasteiger partial charge is 0.222 e. The molecule has 2 heteroatoms. The maximum Gasteiger partial charge on any atom is 0.222 e. The first-order chi connectivity index (χ1) is 17.0. The Morgan fingerprint density at radius 3 is 2.36 bits per heavy atom. The van der Waals surface area contributed by atoms with Gasteiger partial charge in [0.2, 0.25) is 5.69 Å². The molecular formula is C34H36NS+. The summed E-state index contributed by atoms with van der Waals surface area (Å²) in [6.07, 6.45) is 3.36. The van der Waals surface area contributed by atoms with E-state index < -0.39 is 0 Å². The van der Waals surface area contributed by atoms with Crippen molar-refractivity contribution >= 4 is 44.1 Å². The van der Waals surface area contributed by atoms with Crippen molar-refractivity contribution in [3.63, 3.8) is 0 Å². The number of hydrogen-bond donors (Lipinski definition) is 0. The van der Waals surface area contributed by atoms with E-state index in [2.05, 4.69) is 115 Å². The molecule has 0 saturated carbocycles. The van der Waals surface area contributed by atoms with Crippen molar-refractivity contribution in [2.45, 2.75) is 70.1 Å². The fraction of sp³-hybridized carbons (Fsp3) is 0.324. The van der Waals surface area contributed by atoms with Gasteiger partial charge in [-0.2, -0.15) is 0 Å². The summed E-state index contributed by atoms with van der Waals surface area (Å²) in [7, 11) is 2.22. The van der Waals surface area contributed by atoms with E-state index in [0.717, 1.165) is 6.42 Å². The summed E-state index contributed by atoms with van der Waals surface area (Å²) >= 11 is 2.00. The minimum atomic E-state index is 0.124. The van der Waals surface area contributed by atoms with Crippen LogP contribution in [0.5, 0.6) is 0 Å². The lowest BCUT2D eigenvalue weighted by Gasteiger charge is -2.26. The summed E-state index contributed by atoms with van der Waals surface area (Å²) < 4.78 is 2.36. The van der Waals surface area contributed by atoms with Gasteiger partial charge in [-0.3, -0.25) is 0 Å². The Morgan fingerprint density at radius 1 is 0.861 bits per heavy atom. The Morgan fingerprint density at radius 2 is 1.64 bits per heavy atom. The number of pyridine rings is 1. The van der Waals surface area contributed by atoms with Crippen molar-refractivity contribution in [1.29, 1.82) is 0 Å². The zero-order valence-corrected chi connectivity index (χ0v) is 23.7. The number of aryl methyl sites for hydroxylation is 3. The van der Waals surface area contributed by atoms with Crippen LogP contribution in [0.2, 0.25) is 0 Å². The molecule has 1 aliphatic rings. The smallest absolute Gasteiger partial charge is 0.200 e. The molecule has 4 aromatic carbocycles. The summed E-state index contributed by atoms with van der Waals surface area (Å²) in [5.41, 5.74) is 8.55. The number of nitrogens with zero attached hydrogens (tertiary/aromatic N) is 1. The number of hydrogen-bond acceptors (Lipinski definition) is 1. The Labute approximate surface area is 219 Å². The van der Waals surface area contributed by atoms with Gasteiger partial charge in [0.1, 0.15) is 7.05 Å². The van der Waals surface area contributed by atoms with E-state index in [4.69, 9.17) is 0 Å². The van der Waals surface area contributed by atoms with Gasteiger partial charge in [0.15, 0.2) is 6.20 Å². The van der Waals surface area contributed by atoms with Crippen molar-refractivity contribution in [3.8, 4) is 11.3 Å². The number of aromatic nitrogens is 1. The van der Waals surface area contributed by atoms with Gasteiger partial charge in [-0.25, -0.2) is 4.57 Å². The van der Waals surface area contributed by atoms with E-state index in [1.165, 1.54) is 75.6 Å². The Kier molecular flexibility index (Phi) is 5.29. The van der Waals surface area contributed by atoms with Gasteiger partial charge in [0, 0.05) is 21.2 Å². The van der Waals surface area contributed by atoms with Crippen LogP contribution < -0.4 is 4.57 Å². The number of benzene rings is 4. The van der Waals surface area contributed by atoms with Crippen LogP contribution in [0.1, 0.15) is 56.9 Å². The number of fused-ring (bicyclic) bond motifs is 5. The molecule has 0 bridgehead atoms. The summed E-state index contributed by atoms with van der Waals surface area (Å²) in [6, 6.07) is 18.9. The van der Waals surface area contributed by atoms with Crippen LogP contribution in [-0.2, 0) is 18.9 Å². The second-order valence-corrected chi connectivity index (χ2v) is 13.2. The van der Waals surface area contributed by atoms with E-state index in [-0.39, 0.29) is 5.41 Å². The van der Waals surface area contributed by atoms with Crippen molar-refractivity contribution in [1.82, 2.24) is 0 Å². The third kappa shape index (κ3) is 3.49. The topological polar surface area (TPSA) is 3.88 Å². The van der Waals surface area contributed by atoms with Crippen LogP contribution >= 0.6 is 11.8 Å². The zero-order valence-electron chi connectivity index (χ0n) is 22.8. The van der Waals surface area contributed by atoms with Crippen LogP contribution in [0, 0.1) is 19.8 Å². The molecule has 2 heterocycles. The van der Waals surface area contributed by atoms with Gasteiger partial charge in [-0.05, 0) is 82.0 Å². The maximum absolute atomic E-state index is 2.44. The Hall–Kier alpha value is -2.84. The molecule has 1 aliphatic heterocycles. The normalized spacial score (nSPS) is 13.2. The molecule has 0 unspecified atom stereocenters. The first-order valence-electron chi connectivity index (χ1n) is 13.2. The lowest BCUT2D eigenvalue weighted by molar-refractivity contribution is -0.659. The van der Waals surface area contributed by atoms with Crippen LogP contribution in [0.15, 0.2) is 64.5 Å². The molecule has 0 fully saturated rings. The highest BCUT2D eigenvalue weighted by Gasteiger charge is 2.32. The zero-order chi connectivity index (χ0) is 25.5. The molecular weight excluding hydrogens is 454 g/mol. The predicted octanol–water partition coefficient (Wildman–Crippen LogP) is 9.22.